The van der Waals surface area contributed by atoms with Gasteiger partial charge in [0.1, 0.15) is 0 Å². The number of nitrogens with one attached hydrogen (secondary N) is 1. The molecule has 5 nitrogen and oxygen atoms in total. The lowest BCUT2D eigenvalue weighted by atomic mass is 9.98. The molecule has 0 unspecified atom stereocenters. The first-order chi connectivity index (χ1) is 9.53. The molecule has 0 spiro atoms. The Morgan fingerprint density at radius 3 is 2.60 bits per heavy atom. The normalized spacial score (nSPS) is 18.3. The number of piperidine rings is 1. The van der Waals surface area contributed by atoms with Crippen LogP contribution in [-0.2, 0) is 16.6 Å². The summed E-state index contributed by atoms with van der Waals surface area (Å²) in [4.78, 5) is 2.43. The molecule has 1 aromatic rings. The molecule has 2 rings (SSSR count). The van der Waals surface area contributed by atoms with Gasteiger partial charge in [0.15, 0.2) is 0 Å². The minimum atomic E-state index is -3.54. The van der Waals surface area contributed by atoms with Gasteiger partial charge in [-0.2, -0.15) is 0 Å². The van der Waals surface area contributed by atoms with E-state index in [1.54, 1.807) is 18.2 Å². The highest BCUT2D eigenvalue weighted by atomic mass is 32.2. The standard InChI is InChI=1S/C14H22N2O3S/c1-16-8-6-12(7-9-16)10-15-20(18,19)14-5-3-2-4-13(14)11-17/h2-5,12,15,17H,6-11H2,1H3. The van der Waals surface area contributed by atoms with Crippen molar-refractivity contribution < 1.29 is 13.5 Å². The monoisotopic (exact) mass is 298 g/mol. The Morgan fingerprint density at radius 1 is 1.30 bits per heavy atom. The number of aliphatic hydroxyl groups is 1. The van der Waals surface area contributed by atoms with Crippen LogP contribution < -0.4 is 4.72 Å². The molecule has 20 heavy (non-hydrogen) atoms. The van der Waals surface area contributed by atoms with Crippen LogP contribution in [0, 0.1) is 5.92 Å². The second-order valence-corrected chi connectivity index (χ2v) is 7.10. The fraction of sp³-hybridized carbons (Fsp3) is 0.571. The molecule has 0 saturated carbocycles. The van der Waals surface area contributed by atoms with Gasteiger partial charge >= 0.3 is 0 Å². The van der Waals surface area contributed by atoms with Crippen molar-refractivity contribution in [2.24, 2.45) is 5.92 Å². The Bertz CT molecular complexity index is 537. The van der Waals surface area contributed by atoms with Gasteiger partial charge in [-0.05, 0) is 50.5 Å². The summed E-state index contributed by atoms with van der Waals surface area (Å²) >= 11 is 0. The van der Waals surface area contributed by atoms with E-state index < -0.39 is 10.0 Å². The highest BCUT2D eigenvalue weighted by Gasteiger charge is 2.21. The highest BCUT2D eigenvalue weighted by Crippen LogP contribution is 2.18. The zero-order valence-electron chi connectivity index (χ0n) is 11.7. The van der Waals surface area contributed by atoms with Gasteiger partial charge in [0.25, 0.3) is 0 Å². The first kappa shape index (κ1) is 15.4. The number of aliphatic hydroxyl groups excluding tert-OH is 1. The third kappa shape index (κ3) is 3.79. The van der Waals surface area contributed by atoms with E-state index in [0.29, 0.717) is 18.0 Å². The van der Waals surface area contributed by atoms with Crippen molar-refractivity contribution in [1.29, 1.82) is 0 Å². The number of hydrogen-bond donors (Lipinski definition) is 2. The van der Waals surface area contributed by atoms with Crippen LogP contribution in [-0.4, -0.2) is 45.1 Å². The van der Waals surface area contributed by atoms with Crippen molar-refractivity contribution in [3.8, 4) is 0 Å². The molecule has 0 aliphatic carbocycles. The van der Waals surface area contributed by atoms with E-state index in [-0.39, 0.29) is 11.5 Å². The summed E-state index contributed by atoms with van der Waals surface area (Å²) in [5.74, 6) is 0.391. The number of rotatable bonds is 5. The van der Waals surface area contributed by atoms with Crippen molar-refractivity contribution in [3.05, 3.63) is 29.8 Å². The van der Waals surface area contributed by atoms with Crippen LogP contribution in [0.2, 0.25) is 0 Å². The molecule has 112 valence electrons. The van der Waals surface area contributed by atoms with Gasteiger partial charge in [0.05, 0.1) is 11.5 Å². The maximum absolute atomic E-state index is 12.3. The predicted octanol–water partition coefficient (Wildman–Crippen LogP) is 0.799. The van der Waals surface area contributed by atoms with Gasteiger partial charge in [-0.25, -0.2) is 13.1 Å². The molecular formula is C14H22N2O3S. The van der Waals surface area contributed by atoms with Crippen molar-refractivity contribution in [1.82, 2.24) is 9.62 Å². The number of sulfonamides is 1. The van der Waals surface area contributed by atoms with Gasteiger partial charge in [-0.1, -0.05) is 18.2 Å². The maximum Gasteiger partial charge on any atom is 0.240 e. The van der Waals surface area contributed by atoms with Gasteiger partial charge in [0.2, 0.25) is 10.0 Å². The molecule has 1 saturated heterocycles. The molecule has 1 aliphatic heterocycles. The van der Waals surface area contributed by atoms with Gasteiger partial charge in [-0.15, -0.1) is 0 Å². The molecule has 0 radical (unpaired) electrons. The van der Waals surface area contributed by atoms with Crippen LogP contribution in [0.25, 0.3) is 0 Å². The maximum atomic E-state index is 12.3. The van der Waals surface area contributed by atoms with Crippen molar-refractivity contribution in [2.45, 2.75) is 24.3 Å². The summed E-state index contributed by atoms with van der Waals surface area (Å²) in [5, 5.41) is 9.23. The summed E-state index contributed by atoms with van der Waals surface area (Å²) in [6, 6.07) is 6.55. The molecule has 1 aromatic carbocycles. The molecule has 1 fully saturated rings. The van der Waals surface area contributed by atoms with E-state index in [0.717, 1.165) is 25.9 Å². The topological polar surface area (TPSA) is 69.6 Å². The number of hydrogen-bond acceptors (Lipinski definition) is 4. The number of likely N-dealkylation sites (tertiary alicyclic amines) is 1. The number of benzene rings is 1. The quantitative estimate of drug-likeness (QED) is 0.843. The van der Waals surface area contributed by atoms with Crippen molar-refractivity contribution >= 4 is 10.0 Å². The average molecular weight is 298 g/mol. The summed E-state index contributed by atoms with van der Waals surface area (Å²) in [6.45, 7) is 2.22. The zero-order valence-corrected chi connectivity index (χ0v) is 12.6. The van der Waals surface area contributed by atoms with E-state index in [2.05, 4.69) is 16.7 Å². The second-order valence-electron chi connectivity index (χ2n) is 5.36. The Hall–Kier alpha value is -0.950. The SMILES string of the molecule is CN1CCC(CNS(=O)(=O)c2ccccc2CO)CC1. The van der Waals surface area contributed by atoms with E-state index in [4.69, 9.17) is 0 Å². The Labute approximate surface area is 120 Å². The molecule has 6 heteroatoms. The lowest BCUT2D eigenvalue weighted by molar-refractivity contribution is 0.220. The highest BCUT2D eigenvalue weighted by molar-refractivity contribution is 7.89. The van der Waals surface area contributed by atoms with E-state index in [1.165, 1.54) is 6.07 Å². The van der Waals surface area contributed by atoms with E-state index in [1.807, 2.05) is 0 Å². The summed E-state index contributed by atoms with van der Waals surface area (Å²) < 4.78 is 27.2. The predicted molar refractivity (Wildman–Crippen MR) is 77.8 cm³/mol. The van der Waals surface area contributed by atoms with Gasteiger partial charge in [0, 0.05) is 6.54 Å². The van der Waals surface area contributed by atoms with E-state index >= 15 is 0 Å². The molecule has 0 bridgehead atoms. The lowest BCUT2D eigenvalue weighted by Gasteiger charge is -2.28. The third-order valence-corrected chi connectivity index (χ3v) is 5.36. The zero-order chi connectivity index (χ0) is 14.6. The summed E-state index contributed by atoms with van der Waals surface area (Å²) in [5.41, 5.74) is 0.434. The van der Waals surface area contributed by atoms with Crippen LogP contribution in [0.4, 0.5) is 0 Å². The fourth-order valence-electron chi connectivity index (χ4n) is 2.47. The first-order valence-electron chi connectivity index (χ1n) is 6.90. The molecule has 0 amide bonds. The third-order valence-electron chi connectivity index (χ3n) is 3.83. The van der Waals surface area contributed by atoms with Crippen LogP contribution in [0.5, 0.6) is 0 Å². The fourth-order valence-corrected chi connectivity index (χ4v) is 3.81. The molecule has 1 heterocycles. The van der Waals surface area contributed by atoms with Crippen LogP contribution in [0.3, 0.4) is 0 Å². The summed E-state index contributed by atoms with van der Waals surface area (Å²) in [6.07, 6.45) is 2.03. The Morgan fingerprint density at radius 2 is 1.95 bits per heavy atom. The second kappa shape index (κ2) is 6.67. The molecular weight excluding hydrogens is 276 g/mol. The van der Waals surface area contributed by atoms with Gasteiger partial charge in [-0.3, -0.25) is 0 Å². The molecule has 1 aliphatic rings. The largest absolute Gasteiger partial charge is 0.392 e. The van der Waals surface area contributed by atoms with Crippen LogP contribution >= 0.6 is 0 Å². The molecule has 0 aromatic heterocycles. The lowest BCUT2D eigenvalue weighted by Crippen LogP contribution is -2.37. The Kier molecular flexibility index (Phi) is 5.15. The molecule has 0 atom stereocenters. The number of nitrogens with zero attached hydrogens (tertiary/aromatic N) is 1. The smallest absolute Gasteiger partial charge is 0.240 e. The first-order valence-corrected chi connectivity index (χ1v) is 8.38. The van der Waals surface area contributed by atoms with Crippen molar-refractivity contribution in [2.75, 3.05) is 26.7 Å². The van der Waals surface area contributed by atoms with Crippen LogP contribution in [0.1, 0.15) is 18.4 Å². The summed E-state index contributed by atoms with van der Waals surface area (Å²) in [7, 11) is -1.46. The van der Waals surface area contributed by atoms with Gasteiger partial charge < -0.3 is 10.0 Å². The van der Waals surface area contributed by atoms with E-state index in [9.17, 15) is 13.5 Å². The van der Waals surface area contributed by atoms with Crippen molar-refractivity contribution in [3.63, 3.8) is 0 Å². The Balaban J connectivity index is 2.00. The van der Waals surface area contributed by atoms with Crippen LogP contribution in [0.15, 0.2) is 29.2 Å². The average Bonchev–Trinajstić information content (AvgIpc) is 2.46. The molecule has 2 N–H and O–H groups in total. The minimum absolute atomic E-state index is 0.176. The minimum Gasteiger partial charge on any atom is -0.392 e.